The highest BCUT2D eigenvalue weighted by Gasteiger charge is 2.08. The summed E-state index contributed by atoms with van der Waals surface area (Å²) in [7, 11) is 3.77. The molecule has 0 amide bonds. The molecule has 0 aliphatic heterocycles. The zero-order valence-corrected chi connectivity index (χ0v) is 11.9. The minimum absolute atomic E-state index is 0.171. The number of benzene rings is 1. The fourth-order valence-corrected chi connectivity index (χ4v) is 2.14. The summed E-state index contributed by atoms with van der Waals surface area (Å²) in [6.45, 7) is 1.45. The maximum atomic E-state index is 14.1. The summed E-state index contributed by atoms with van der Waals surface area (Å²) >= 11 is 0. The highest BCUT2D eigenvalue weighted by molar-refractivity contribution is 5.48. The van der Waals surface area contributed by atoms with Crippen molar-refractivity contribution >= 4 is 5.69 Å². The van der Waals surface area contributed by atoms with Gasteiger partial charge in [-0.2, -0.15) is 0 Å². The molecule has 1 heterocycles. The molecule has 20 heavy (non-hydrogen) atoms. The van der Waals surface area contributed by atoms with E-state index in [0.29, 0.717) is 12.2 Å². The minimum atomic E-state index is -0.171. The lowest BCUT2D eigenvalue weighted by Gasteiger charge is -2.20. The normalized spacial score (nSPS) is 10.6. The van der Waals surface area contributed by atoms with Crippen LogP contribution in [0.2, 0.25) is 0 Å². The van der Waals surface area contributed by atoms with Crippen molar-refractivity contribution in [1.82, 2.24) is 10.3 Å². The summed E-state index contributed by atoms with van der Waals surface area (Å²) in [5, 5.41) is 3.02. The summed E-state index contributed by atoms with van der Waals surface area (Å²) in [4.78, 5) is 5.94. The van der Waals surface area contributed by atoms with Gasteiger partial charge in [0.1, 0.15) is 5.82 Å². The summed E-state index contributed by atoms with van der Waals surface area (Å²) in [6, 6.07) is 9.36. The molecule has 106 valence electrons. The van der Waals surface area contributed by atoms with E-state index in [9.17, 15) is 4.39 Å². The average molecular weight is 273 g/mol. The van der Waals surface area contributed by atoms with Crippen molar-refractivity contribution in [2.75, 3.05) is 25.5 Å². The van der Waals surface area contributed by atoms with Crippen LogP contribution in [0.1, 0.15) is 11.1 Å². The first-order chi connectivity index (χ1) is 9.70. The van der Waals surface area contributed by atoms with Gasteiger partial charge in [0.2, 0.25) is 0 Å². The zero-order chi connectivity index (χ0) is 14.4. The van der Waals surface area contributed by atoms with Crippen molar-refractivity contribution < 1.29 is 4.39 Å². The number of likely N-dealkylation sites (N-methyl/N-ethyl adjacent to an activating group) is 1. The molecule has 0 atom stereocenters. The number of halogens is 1. The average Bonchev–Trinajstić information content (AvgIpc) is 2.46. The molecule has 3 nitrogen and oxygen atoms in total. The third-order valence-corrected chi connectivity index (χ3v) is 3.29. The van der Waals surface area contributed by atoms with Gasteiger partial charge in [0.15, 0.2) is 0 Å². The minimum Gasteiger partial charge on any atom is -0.372 e. The second kappa shape index (κ2) is 7.01. The summed E-state index contributed by atoms with van der Waals surface area (Å²) in [5.74, 6) is -0.171. The largest absolute Gasteiger partial charge is 0.372 e. The molecule has 1 N–H and O–H groups in total. The van der Waals surface area contributed by atoms with E-state index in [4.69, 9.17) is 0 Å². The second-order valence-corrected chi connectivity index (χ2v) is 4.84. The van der Waals surface area contributed by atoms with Crippen LogP contribution in [0.5, 0.6) is 0 Å². The maximum Gasteiger partial charge on any atom is 0.146 e. The van der Waals surface area contributed by atoms with E-state index in [0.717, 1.165) is 18.5 Å². The quantitative estimate of drug-likeness (QED) is 0.877. The first-order valence-electron chi connectivity index (χ1n) is 6.74. The van der Waals surface area contributed by atoms with Gasteiger partial charge in [-0.05, 0) is 48.9 Å². The lowest BCUT2D eigenvalue weighted by molar-refractivity contribution is 0.618. The van der Waals surface area contributed by atoms with Crippen LogP contribution >= 0.6 is 0 Å². The van der Waals surface area contributed by atoms with Crippen LogP contribution in [-0.4, -0.2) is 25.6 Å². The number of hydrogen-bond acceptors (Lipinski definition) is 3. The molecule has 1 aromatic carbocycles. The van der Waals surface area contributed by atoms with E-state index in [1.54, 1.807) is 18.5 Å². The lowest BCUT2D eigenvalue weighted by Crippen LogP contribution is -2.21. The Morgan fingerprint density at radius 2 is 1.90 bits per heavy atom. The van der Waals surface area contributed by atoms with Gasteiger partial charge in [-0.3, -0.25) is 4.98 Å². The predicted molar refractivity (Wildman–Crippen MR) is 80.4 cm³/mol. The third-order valence-electron chi connectivity index (χ3n) is 3.29. The maximum absolute atomic E-state index is 14.1. The molecule has 0 bridgehead atoms. The third kappa shape index (κ3) is 3.78. The van der Waals surface area contributed by atoms with Crippen LogP contribution in [-0.2, 0) is 13.0 Å². The summed E-state index contributed by atoms with van der Waals surface area (Å²) < 4.78 is 14.1. The summed E-state index contributed by atoms with van der Waals surface area (Å²) in [5.41, 5.74) is 2.80. The van der Waals surface area contributed by atoms with E-state index < -0.39 is 0 Å². The highest BCUT2D eigenvalue weighted by Crippen LogP contribution is 2.19. The highest BCUT2D eigenvalue weighted by atomic mass is 19.1. The molecule has 0 saturated carbocycles. The van der Waals surface area contributed by atoms with E-state index in [2.05, 4.69) is 10.3 Å². The molecule has 2 aromatic rings. The fourth-order valence-electron chi connectivity index (χ4n) is 2.14. The zero-order valence-electron chi connectivity index (χ0n) is 11.9. The smallest absolute Gasteiger partial charge is 0.146 e. The molecular formula is C16H20FN3. The number of pyridine rings is 1. The predicted octanol–water partition coefficient (Wildman–Crippen LogP) is 2.62. The van der Waals surface area contributed by atoms with Gasteiger partial charge in [0.25, 0.3) is 0 Å². The monoisotopic (exact) mass is 273 g/mol. The molecule has 0 fully saturated rings. The number of nitrogens with zero attached hydrogens (tertiary/aromatic N) is 2. The first kappa shape index (κ1) is 14.5. The molecule has 0 aliphatic carbocycles. The molecule has 2 rings (SSSR count). The topological polar surface area (TPSA) is 28.2 Å². The lowest BCUT2D eigenvalue weighted by atomic mass is 10.1. The Labute approximate surface area is 119 Å². The Kier molecular flexibility index (Phi) is 5.07. The number of aromatic nitrogens is 1. The Bertz CT molecular complexity index is 543. The van der Waals surface area contributed by atoms with Crippen molar-refractivity contribution in [2.24, 2.45) is 0 Å². The molecular weight excluding hydrogens is 253 g/mol. The molecule has 4 heteroatoms. The molecule has 0 unspecified atom stereocenters. The fraction of sp³-hybridized carbons (Fsp3) is 0.312. The standard InChI is InChI=1S/C16H20FN3/c1-18-12-14-3-4-16(15(17)11-14)20(2)10-7-13-5-8-19-9-6-13/h3-6,8-9,11,18H,7,10,12H2,1-2H3. The van der Waals surface area contributed by atoms with Crippen LogP contribution in [0.4, 0.5) is 10.1 Å². The van der Waals surface area contributed by atoms with Crippen molar-refractivity contribution in [2.45, 2.75) is 13.0 Å². The Hall–Kier alpha value is -1.94. The molecule has 0 aliphatic rings. The van der Waals surface area contributed by atoms with E-state index >= 15 is 0 Å². The van der Waals surface area contributed by atoms with Crippen LogP contribution in [0.15, 0.2) is 42.7 Å². The van der Waals surface area contributed by atoms with Gasteiger partial charge < -0.3 is 10.2 Å². The number of nitrogens with one attached hydrogen (secondary N) is 1. The van der Waals surface area contributed by atoms with Gasteiger partial charge in [-0.25, -0.2) is 4.39 Å². The number of hydrogen-bond donors (Lipinski definition) is 1. The second-order valence-electron chi connectivity index (χ2n) is 4.84. The van der Waals surface area contributed by atoms with Crippen LogP contribution in [0.25, 0.3) is 0 Å². The molecule has 0 radical (unpaired) electrons. The van der Waals surface area contributed by atoms with Crippen molar-refractivity contribution in [3.05, 3.63) is 59.7 Å². The van der Waals surface area contributed by atoms with Gasteiger partial charge in [-0.15, -0.1) is 0 Å². The van der Waals surface area contributed by atoms with Crippen LogP contribution in [0.3, 0.4) is 0 Å². The van der Waals surface area contributed by atoms with Crippen LogP contribution < -0.4 is 10.2 Å². The SMILES string of the molecule is CNCc1ccc(N(C)CCc2ccncc2)c(F)c1. The molecule has 0 saturated heterocycles. The molecule has 1 aromatic heterocycles. The van der Waals surface area contributed by atoms with E-state index in [1.807, 2.05) is 43.3 Å². The van der Waals surface area contributed by atoms with Crippen LogP contribution in [0, 0.1) is 5.82 Å². The Morgan fingerprint density at radius 1 is 1.15 bits per heavy atom. The van der Waals surface area contributed by atoms with Crippen molar-refractivity contribution in [3.63, 3.8) is 0 Å². The Balaban J connectivity index is 2.00. The summed E-state index contributed by atoms with van der Waals surface area (Å²) in [6.07, 6.45) is 4.43. The van der Waals surface area contributed by atoms with Crippen molar-refractivity contribution in [1.29, 1.82) is 0 Å². The van der Waals surface area contributed by atoms with Gasteiger partial charge in [-0.1, -0.05) is 6.07 Å². The number of anilines is 1. The van der Waals surface area contributed by atoms with E-state index in [1.165, 1.54) is 5.56 Å². The van der Waals surface area contributed by atoms with Gasteiger partial charge >= 0.3 is 0 Å². The van der Waals surface area contributed by atoms with Gasteiger partial charge in [0.05, 0.1) is 5.69 Å². The first-order valence-corrected chi connectivity index (χ1v) is 6.74. The van der Waals surface area contributed by atoms with E-state index in [-0.39, 0.29) is 5.82 Å². The number of rotatable bonds is 6. The Morgan fingerprint density at radius 3 is 2.55 bits per heavy atom. The van der Waals surface area contributed by atoms with Crippen molar-refractivity contribution in [3.8, 4) is 0 Å². The molecule has 0 spiro atoms. The van der Waals surface area contributed by atoms with Gasteiger partial charge in [0, 0.05) is 32.5 Å².